The SMILES string of the molecule is C[C@H](N)C(=O)N1CCC[C@H]2CN(c3c(F)cc4c(=O)c(C(=O)O)cn(C5CC5)c4c3C#N)C[C@H]21.Cl. The molecule has 2 aromatic rings. The molecule has 9 nitrogen and oxygen atoms in total. The van der Waals surface area contributed by atoms with Crippen molar-refractivity contribution in [3.05, 3.63) is 39.4 Å². The maximum absolute atomic E-state index is 15.6. The van der Waals surface area contributed by atoms with Crippen LogP contribution in [0.1, 0.15) is 54.6 Å². The topological polar surface area (TPSA) is 133 Å². The van der Waals surface area contributed by atoms with Crippen molar-refractivity contribution in [2.24, 2.45) is 11.7 Å². The summed E-state index contributed by atoms with van der Waals surface area (Å²) in [4.78, 5) is 40.7. The van der Waals surface area contributed by atoms with Crippen LogP contribution in [0.25, 0.3) is 10.9 Å². The van der Waals surface area contributed by atoms with E-state index in [0.29, 0.717) is 19.6 Å². The summed E-state index contributed by atoms with van der Waals surface area (Å²) >= 11 is 0. The molecule has 3 atom stereocenters. The molecule has 1 aromatic heterocycles. The predicted octanol–water partition coefficient (Wildman–Crippen LogP) is 2.24. The van der Waals surface area contributed by atoms with Gasteiger partial charge in [-0.3, -0.25) is 9.59 Å². The average Bonchev–Trinajstić information content (AvgIpc) is 3.55. The summed E-state index contributed by atoms with van der Waals surface area (Å²) in [6.07, 6.45) is 4.57. The number of anilines is 1. The van der Waals surface area contributed by atoms with Crippen molar-refractivity contribution in [1.82, 2.24) is 9.47 Å². The van der Waals surface area contributed by atoms with Gasteiger partial charge in [-0.05, 0) is 44.6 Å². The van der Waals surface area contributed by atoms with Crippen LogP contribution >= 0.6 is 12.4 Å². The molecule has 0 bridgehead atoms. The minimum atomic E-state index is -1.38. The number of fused-ring (bicyclic) bond motifs is 2. The van der Waals surface area contributed by atoms with E-state index in [9.17, 15) is 24.8 Å². The van der Waals surface area contributed by atoms with Crippen LogP contribution in [0.3, 0.4) is 0 Å². The van der Waals surface area contributed by atoms with Crippen LogP contribution in [0.2, 0.25) is 0 Å². The summed E-state index contributed by atoms with van der Waals surface area (Å²) < 4.78 is 17.2. The van der Waals surface area contributed by atoms with Gasteiger partial charge < -0.3 is 25.2 Å². The molecule has 11 heteroatoms. The van der Waals surface area contributed by atoms with Gasteiger partial charge in [0, 0.05) is 31.9 Å². The maximum Gasteiger partial charge on any atom is 0.341 e. The lowest BCUT2D eigenvalue weighted by Gasteiger charge is -2.37. The smallest absolute Gasteiger partial charge is 0.341 e. The Balaban J connectivity index is 0.00000289. The number of carbonyl (C=O) groups is 2. The van der Waals surface area contributed by atoms with E-state index in [-0.39, 0.29) is 58.5 Å². The number of nitrogens with zero attached hydrogens (tertiary/aromatic N) is 4. The number of hydrogen-bond acceptors (Lipinski definition) is 6. The lowest BCUT2D eigenvalue weighted by atomic mass is 9.91. The van der Waals surface area contributed by atoms with Crippen molar-refractivity contribution in [2.75, 3.05) is 24.5 Å². The van der Waals surface area contributed by atoms with Gasteiger partial charge in [0.2, 0.25) is 11.3 Å². The van der Waals surface area contributed by atoms with Crippen molar-refractivity contribution in [2.45, 2.75) is 50.7 Å². The number of carboxylic acids is 1. The number of rotatable bonds is 4. The van der Waals surface area contributed by atoms with Crippen LogP contribution in [0.15, 0.2) is 17.1 Å². The fourth-order valence-electron chi connectivity index (χ4n) is 5.58. The Morgan fingerprint density at radius 3 is 2.60 bits per heavy atom. The zero-order valence-electron chi connectivity index (χ0n) is 19.2. The van der Waals surface area contributed by atoms with Gasteiger partial charge in [0.15, 0.2) is 0 Å². The van der Waals surface area contributed by atoms with Crippen molar-refractivity contribution < 1.29 is 19.1 Å². The Morgan fingerprint density at radius 2 is 2.00 bits per heavy atom. The third-order valence-electron chi connectivity index (χ3n) is 7.29. The van der Waals surface area contributed by atoms with Gasteiger partial charge in [-0.25, -0.2) is 9.18 Å². The Bertz CT molecular complexity index is 1320. The lowest BCUT2D eigenvalue weighted by Crippen LogP contribution is -2.53. The molecular formula is C24H27ClFN5O4. The first kappa shape index (κ1) is 24.9. The van der Waals surface area contributed by atoms with Crippen molar-refractivity contribution in [3.63, 3.8) is 0 Å². The molecule has 1 saturated carbocycles. The Morgan fingerprint density at radius 1 is 1.29 bits per heavy atom. The molecule has 3 heterocycles. The number of nitrogens with two attached hydrogens (primary N) is 1. The van der Waals surface area contributed by atoms with E-state index in [0.717, 1.165) is 31.7 Å². The molecule has 2 saturated heterocycles. The van der Waals surface area contributed by atoms with Crippen LogP contribution in [0.5, 0.6) is 0 Å². The molecule has 3 aliphatic rings. The first-order valence-electron chi connectivity index (χ1n) is 11.6. The van der Waals surface area contributed by atoms with E-state index < -0.39 is 28.8 Å². The highest BCUT2D eigenvalue weighted by Crippen LogP contribution is 2.42. The number of hydrogen-bond donors (Lipinski definition) is 2. The second-order valence-corrected chi connectivity index (χ2v) is 9.60. The highest BCUT2D eigenvalue weighted by atomic mass is 35.5. The number of amides is 1. The molecule has 3 fully saturated rings. The number of piperidine rings is 1. The summed E-state index contributed by atoms with van der Waals surface area (Å²) in [5.41, 5.74) is 5.01. The molecule has 0 unspecified atom stereocenters. The largest absolute Gasteiger partial charge is 0.477 e. The van der Waals surface area contributed by atoms with E-state index in [1.807, 2.05) is 0 Å². The first-order valence-corrected chi connectivity index (χ1v) is 11.6. The second-order valence-electron chi connectivity index (χ2n) is 9.60. The monoisotopic (exact) mass is 503 g/mol. The van der Waals surface area contributed by atoms with Gasteiger partial charge in [0.05, 0.1) is 28.7 Å². The fourth-order valence-corrected chi connectivity index (χ4v) is 5.58. The summed E-state index contributed by atoms with van der Waals surface area (Å²) in [6.45, 7) is 3.09. The number of aromatic nitrogens is 1. The Hall–Kier alpha value is -3.16. The molecule has 5 rings (SSSR count). The maximum atomic E-state index is 15.6. The number of aromatic carboxylic acids is 1. The molecule has 186 valence electrons. The molecule has 1 aromatic carbocycles. The third-order valence-corrected chi connectivity index (χ3v) is 7.29. The molecule has 1 aliphatic carbocycles. The second kappa shape index (κ2) is 9.13. The quantitative estimate of drug-likeness (QED) is 0.653. The van der Waals surface area contributed by atoms with E-state index in [4.69, 9.17) is 5.73 Å². The van der Waals surface area contributed by atoms with Crippen LogP contribution < -0.4 is 16.1 Å². The van der Waals surface area contributed by atoms with Gasteiger partial charge >= 0.3 is 5.97 Å². The predicted molar refractivity (Wildman–Crippen MR) is 129 cm³/mol. The van der Waals surface area contributed by atoms with Gasteiger partial charge in [-0.15, -0.1) is 12.4 Å². The fraction of sp³-hybridized carbons (Fsp3) is 0.500. The molecule has 3 N–H and O–H groups in total. The number of carboxylic acid groups (broad SMARTS) is 1. The zero-order valence-corrected chi connectivity index (χ0v) is 20.1. The van der Waals surface area contributed by atoms with Crippen molar-refractivity contribution >= 4 is 40.9 Å². The van der Waals surface area contributed by atoms with E-state index in [2.05, 4.69) is 6.07 Å². The molecule has 0 spiro atoms. The standard InChI is InChI=1S/C24H26FN5O4.ClH/c1-12(27)23(32)29-6-2-3-13-9-28(11-19(13)29)21-16(8-26)20-15(7-18(21)25)22(31)17(24(33)34)10-30(20)14-4-5-14;/h7,10,12-14,19H,2-6,9,11,27H2,1H3,(H,33,34);1H/t12-,13-,19+;/m0./s1. The lowest BCUT2D eigenvalue weighted by molar-refractivity contribution is -0.136. The number of halogens is 2. The minimum Gasteiger partial charge on any atom is -0.477 e. The normalized spacial score (nSPS) is 22.3. The molecule has 2 aliphatic heterocycles. The van der Waals surface area contributed by atoms with Gasteiger partial charge in [-0.1, -0.05) is 0 Å². The summed E-state index contributed by atoms with van der Waals surface area (Å²) in [6, 6.07) is 2.37. The highest BCUT2D eigenvalue weighted by molar-refractivity contribution is 5.96. The van der Waals surface area contributed by atoms with Gasteiger partial charge in [0.25, 0.3) is 0 Å². The van der Waals surface area contributed by atoms with E-state index in [1.165, 1.54) is 6.20 Å². The first-order chi connectivity index (χ1) is 16.2. The molecule has 0 radical (unpaired) electrons. The number of pyridine rings is 1. The Kier molecular flexibility index (Phi) is 6.51. The minimum absolute atomic E-state index is 0. The van der Waals surface area contributed by atoms with Crippen LogP contribution in [0, 0.1) is 23.1 Å². The highest BCUT2D eigenvalue weighted by Gasteiger charge is 2.43. The van der Waals surface area contributed by atoms with Gasteiger partial charge in [0.1, 0.15) is 23.0 Å². The van der Waals surface area contributed by atoms with Crippen molar-refractivity contribution in [1.29, 1.82) is 5.26 Å². The summed E-state index contributed by atoms with van der Waals surface area (Å²) in [5, 5.41) is 19.5. The van der Waals surface area contributed by atoms with E-state index >= 15 is 4.39 Å². The molecular weight excluding hydrogens is 477 g/mol. The zero-order chi connectivity index (χ0) is 24.3. The van der Waals surface area contributed by atoms with Crippen LogP contribution in [-0.2, 0) is 4.79 Å². The molecule has 35 heavy (non-hydrogen) atoms. The number of carbonyl (C=O) groups excluding carboxylic acids is 1. The number of likely N-dealkylation sites (tertiary alicyclic amines) is 1. The van der Waals surface area contributed by atoms with Crippen LogP contribution in [0.4, 0.5) is 10.1 Å². The Labute approximate surface area is 207 Å². The molecule has 1 amide bonds. The average molecular weight is 504 g/mol. The number of benzene rings is 1. The van der Waals surface area contributed by atoms with Crippen molar-refractivity contribution in [3.8, 4) is 6.07 Å². The summed E-state index contributed by atoms with van der Waals surface area (Å²) in [5.74, 6) is -2.14. The summed E-state index contributed by atoms with van der Waals surface area (Å²) in [7, 11) is 0. The van der Waals surface area contributed by atoms with Gasteiger partial charge in [-0.2, -0.15) is 5.26 Å². The third kappa shape index (κ3) is 4.02. The number of nitriles is 1. The van der Waals surface area contributed by atoms with Crippen LogP contribution in [-0.4, -0.2) is 58.2 Å². The van der Waals surface area contributed by atoms with E-state index in [1.54, 1.807) is 21.3 Å².